The summed E-state index contributed by atoms with van der Waals surface area (Å²) in [5.74, 6) is 1.28. The van der Waals surface area contributed by atoms with E-state index in [1.807, 2.05) is 12.1 Å². The molecule has 0 spiro atoms. The molecule has 0 saturated carbocycles. The lowest BCUT2D eigenvalue weighted by Gasteiger charge is -2.37. The van der Waals surface area contributed by atoms with Crippen molar-refractivity contribution in [1.29, 1.82) is 0 Å². The molecule has 6 heteroatoms. The van der Waals surface area contributed by atoms with Crippen LogP contribution in [0.5, 0.6) is 5.75 Å². The van der Waals surface area contributed by atoms with E-state index in [-0.39, 0.29) is 12.4 Å². The largest absolute Gasteiger partial charge is 0.491 e. The van der Waals surface area contributed by atoms with Crippen LogP contribution in [0.15, 0.2) is 36.4 Å². The van der Waals surface area contributed by atoms with Crippen LogP contribution in [0.3, 0.4) is 0 Å². The first kappa shape index (κ1) is 24.8. The van der Waals surface area contributed by atoms with Crippen LogP contribution >= 0.6 is 24.0 Å². The fraction of sp³-hybridized carbons (Fsp3) is 0.500. The van der Waals surface area contributed by atoms with Gasteiger partial charge < -0.3 is 14.7 Å². The summed E-state index contributed by atoms with van der Waals surface area (Å²) in [6.07, 6.45) is -0.505. The first-order valence-electron chi connectivity index (χ1n) is 10.5. The Kier molecular flexibility index (Phi) is 9.30. The number of benzene rings is 2. The maximum Gasteiger partial charge on any atom is 0.123 e. The highest BCUT2D eigenvalue weighted by Gasteiger charge is 2.21. The molecule has 0 aliphatic carbocycles. The molecule has 166 valence electrons. The molecule has 1 aliphatic heterocycles. The van der Waals surface area contributed by atoms with Crippen molar-refractivity contribution in [3.63, 3.8) is 0 Å². The van der Waals surface area contributed by atoms with Gasteiger partial charge in [0, 0.05) is 43.4 Å². The van der Waals surface area contributed by atoms with Gasteiger partial charge in [-0.3, -0.25) is 4.90 Å². The smallest absolute Gasteiger partial charge is 0.123 e. The summed E-state index contributed by atoms with van der Waals surface area (Å²) in [6.45, 7) is 13.2. The SMILES string of the molecule is Cc1ccc(C(C)C)c(OCC(O)CN2CCN(c3cc(Cl)ccc3C)CC2)c1.Cl. The number of anilines is 1. The Bertz CT molecular complexity index is 821. The summed E-state index contributed by atoms with van der Waals surface area (Å²) in [4.78, 5) is 4.69. The van der Waals surface area contributed by atoms with Crippen molar-refractivity contribution in [1.82, 2.24) is 4.90 Å². The van der Waals surface area contributed by atoms with Gasteiger partial charge in [-0.15, -0.1) is 12.4 Å². The Morgan fingerprint density at radius 3 is 2.40 bits per heavy atom. The maximum atomic E-state index is 10.5. The summed E-state index contributed by atoms with van der Waals surface area (Å²) in [6, 6.07) is 12.4. The third kappa shape index (κ3) is 6.52. The quantitative estimate of drug-likeness (QED) is 0.636. The Hall–Kier alpha value is -1.46. The highest BCUT2D eigenvalue weighted by atomic mass is 35.5. The van der Waals surface area contributed by atoms with Crippen LogP contribution in [0.25, 0.3) is 0 Å². The van der Waals surface area contributed by atoms with E-state index in [2.05, 4.69) is 61.8 Å². The fourth-order valence-corrected chi connectivity index (χ4v) is 4.04. The Balaban J connectivity index is 0.00000320. The number of nitrogens with zero attached hydrogens (tertiary/aromatic N) is 2. The van der Waals surface area contributed by atoms with Crippen LogP contribution in [-0.4, -0.2) is 55.4 Å². The van der Waals surface area contributed by atoms with Crippen LogP contribution in [0, 0.1) is 13.8 Å². The molecule has 1 aliphatic rings. The minimum absolute atomic E-state index is 0. The normalized spacial score (nSPS) is 15.8. The Labute approximate surface area is 192 Å². The highest BCUT2D eigenvalue weighted by Crippen LogP contribution is 2.28. The Morgan fingerprint density at radius 1 is 1.03 bits per heavy atom. The number of piperazine rings is 1. The van der Waals surface area contributed by atoms with Crippen molar-refractivity contribution >= 4 is 29.7 Å². The minimum atomic E-state index is -0.505. The molecule has 2 aromatic rings. The van der Waals surface area contributed by atoms with Gasteiger partial charge in [0.15, 0.2) is 0 Å². The lowest BCUT2D eigenvalue weighted by Crippen LogP contribution is -2.49. The topological polar surface area (TPSA) is 35.9 Å². The molecule has 4 nitrogen and oxygen atoms in total. The van der Waals surface area contributed by atoms with E-state index >= 15 is 0 Å². The standard InChI is InChI=1S/C24H33ClN2O2.ClH/c1-17(2)22-8-5-18(3)13-24(22)29-16-21(28)15-26-9-11-27(12-10-26)23-14-20(25)7-6-19(23)4;/h5-8,13-14,17,21,28H,9-12,15-16H2,1-4H3;1H. The van der Waals surface area contributed by atoms with Gasteiger partial charge in [0.1, 0.15) is 18.5 Å². The average molecular weight is 453 g/mol. The van der Waals surface area contributed by atoms with Crippen molar-refractivity contribution in [3.8, 4) is 5.75 Å². The second-order valence-electron chi connectivity index (χ2n) is 8.38. The van der Waals surface area contributed by atoms with Crippen LogP contribution in [-0.2, 0) is 0 Å². The van der Waals surface area contributed by atoms with E-state index in [0.717, 1.165) is 37.0 Å². The highest BCUT2D eigenvalue weighted by molar-refractivity contribution is 6.30. The van der Waals surface area contributed by atoms with Gasteiger partial charge in [0.25, 0.3) is 0 Å². The second-order valence-corrected chi connectivity index (χ2v) is 8.82. The first-order valence-corrected chi connectivity index (χ1v) is 10.9. The molecular weight excluding hydrogens is 419 g/mol. The van der Waals surface area contributed by atoms with Gasteiger partial charge in [0.2, 0.25) is 0 Å². The van der Waals surface area contributed by atoms with Crippen LogP contribution < -0.4 is 9.64 Å². The zero-order valence-electron chi connectivity index (χ0n) is 18.4. The molecule has 1 N–H and O–H groups in total. The zero-order valence-corrected chi connectivity index (χ0v) is 20.0. The van der Waals surface area contributed by atoms with Crippen LogP contribution in [0.1, 0.15) is 36.5 Å². The predicted molar refractivity (Wildman–Crippen MR) is 129 cm³/mol. The first-order chi connectivity index (χ1) is 13.8. The number of halogens is 2. The predicted octanol–water partition coefficient (Wildman–Crippen LogP) is 5.06. The number of rotatable bonds is 7. The van der Waals surface area contributed by atoms with Crippen molar-refractivity contribution in [3.05, 3.63) is 58.1 Å². The average Bonchev–Trinajstić information content (AvgIpc) is 2.69. The molecule has 1 unspecified atom stereocenters. The number of aliphatic hydroxyl groups is 1. The molecule has 0 amide bonds. The summed E-state index contributed by atoms with van der Waals surface area (Å²) < 4.78 is 6.00. The van der Waals surface area contributed by atoms with Gasteiger partial charge in [-0.2, -0.15) is 0 Å². The minimum Gasteiger partial charge on any atom is -0.491 e. The lowest BCUT2D eigenvalue weighted by atomic mass is 10.0. The summed E-state index contributed by atoms with van der Waals surface area (Å²) in [7, 11) is 0. The monoisotopic (exact) mass is 452 g/mol. The lowest BCUT2D eigenvalue weighted by molar-refractivity contribution is 0.0658. The van der Waals surface area contributed by atoms with Gasteiger partial charge in [-0.05, 0) is 54.7 Å². The van der Waals surface area contributed by atoms with E-state index in [0.29, 0.717) is 19.1 Å². The number of hydrogen-bond donors (Lipinski definition) is 1. The third-order valence-electron chi connectivity index (χ3n) is 5.58. The van der Waals surface area contributed by atoms with E-state index in [1.165, 1.54) is 22.4 Å². The fourth-order valence-electron chi connectivity index (χ4n) is 3.87. The maximum absolute atomic E-state index is 10.5. The summed E-state index contributed by atoms with van der Waals surface area (Å²) >= 11 is 6.18. The van der Waals surface area contributed by atoms with Gasteiger partial charge in [0.05, 0.1) is 0 Å². The molecule has 1 atom stereocenters. The zero-order chi connectivity index (χ0) is 21.0. The van der Waals surface area contributed by atoms with Gasteiger partial charge in [-0.1, -0.05) is 43.6 Å². The van der Waals surface area contributed by atoms with E-state index in [4.69, 9.17) is 16.3 Å². The van der Waals surface area contributed by atoms with E-state index in [9.17, 15) is 5.11 Å². The van der Waals surface area contributed by atoms with E-state index in [1.54, 1.807) is 0 Å². The van der Waals surface area contributed by atoms with Crippen molar-refractivity contribution in [2.24, 2.45) is 0 Å². The van der Waals surface area contributed by atoms with Gasteiger partial charge >= 0.3 is 0 Å². The molecular formula is C24H34Cl2N2O2. The second kappa shape index (κ2) is 11.2. The van der Waals surface area contributed by atoms with Crippen molar-refractivity contribution < 1.29 is 9.84 Å². The summed E-state index contributed by atoms with van der Waals surface area (Å²) in [5, 5.41) is 11.3. The van der Waals surface area contributed by atoms with Crippen molar-refractivity contribution in [2.75, 3.05) is 44.2 Å². The van der Waals surface area contributed by atoms with Crippen molar-refractivity contribution in [2.45, 2.75) is 39.7 Å². The molecule has 2 aromatic carbocycles. The molecule has 0 bridgehead atoms. The molecule has 1 heterocycles. The number of hydrogen-bond acceptors (Lipinski definition) is 4. The summed E-state index contributed by atoms with van der Waals surface area (Å²) in [5.41, 5.74) is 4.82. The molecule has 0 radical (unpaired) electrons. The number of β-amino-alcohol motifs (C(OH)–C–C–N with tert-alkyl or cyclic N) is 1. The number of aliphatic hydroxyl groups excluding tert-OH is 1. The van der Waals surface area contributed by atoms with Crippen LogP contribution in [0.2, 0.25) is 5.02 Å². The van der Waals surface area contributed by atoms with Crippen LogP contribution in [0.4, 0.5) is 5.69 Å². The molecule has 0 aromatic heterocycles. The van der Waals surface area contributed by atoms with E-state index < -0.39 is 6.10 Å². The van der Waals surface area contributed by atoms with Gasteiger partial charge in [-0.25, -0.2) is 0 Å². The number of ether oxygens (including phenoxy) is 1. The molecule has 30 heavy (non-hydrogen) atoms. The molecule has 1 saturated heterocycles. The number of aryl methyl sites for hydroxylation is 2. The molecule has 1 fully saturated rings. The Morgan fingerprint density at radius 2 is 1.73 bits per heavy atom. The molecule has 3 rings (SSSR count). The third-order valence-corrected chi connectivity index (χ3v) is 5.81.